The van der Waals surface area contributed by atoms with Crippen molar-refractivity contribution in [1.29, 1.82) is 0 Å². The first kappa shape index (κ1) is 13.6. The van der Waals surface area contributed by atoms with Gasteiger partial charge in [-0.3, -0.25) is 4.79 Å². The molecule has 0 aliphatic heterocycles. The van der Waals surface area contributed by atoms with Gasteiger partial charge in [0.1, 0.15) is 0 Å². The van der Waals surface area contributed by atoms with Crippen molar-refractivity contribution in [2.24, 2.45) is 11.7 Å². The van der Waals surface area contributed by atoms with E-state index in [1.54, 1.807) is 0 Å². The predicted molar refractivity (Wildman–Crippen MR) is 76.8 cm³/mol. The van der Waals surface area contributed by atoms with Crippen LogP contribution in [-0.4, -0.2) is 19.0 Å². The Balaban J connectivity index is 2.03. The third-order valence-electron chi connectivity index (χ3n) is 3.44. The van der Waals surface area contributed by atoms with Gasteiger partial charge in [0.05, 0.1) is 6.54 Å². The first-order valence-electron chi connectivity index (χ1n) is 6.79. The van der Waals surface area contributed by atoms with E-state index in [9.17, 15) is 4.79 Å². The summed E-state index contributed by atoms with van der Waals surface area (Å²) in [5.74, 6) is 6.65. The average molecular weight is 256 g/mol. The lowest BCUT2D eigenvalue weighted by atomic mass is 10.0. The minimum Gasteiger partial charge on any atom is -0.352 e. The highest BCUT2D eigenvalue weighted by atomic mass is 16.1. The number of carbonyl (C=O) groups is 1. The SMILES string of the molecule is Cc1c(C#CCN)cccc1C(=O)NCCC1CC1. The Bertz CT molecular complexity index is 521. The van der Waals surface area contributed by atoms with E-state index in [1.165, 1.54) is 12.8 Å². The Morgan fingerprint density at radius 2 is 2.26 bits per heavy atom. The van der Waals surface area contributed by atoms with E-state index in [0.29, 0.717) is 12.1 Å². The molecule has 0 spiro atoms. The highest BCUT2D eigenvalue weighted by Gasteiger charge is 2.20. The molecule has 3 N–H and O–H groups in total. The molecule has 0 saturated heterocycles. The Labute approximate surface area is 114 Å². The molecular weight excluding hydrogens is 236 g/mol. The number of amides is 1. The molecule has 0 radical (unpaired) electrons. The smallest absolute Gasteiger partial charge is 0.251 e. The Morgan fingerprint density at radius 3 is 2.95 bits per heavy atom. The van der Waals surface area contributed by atoms with Gasteiger partial charge in [-0.2, -0.15) is 0 Å². The molecule has 1 aliphatic rings. The van der Waals surface area contributed by atoms with Crippen LogP contribution < -0.4 is 11.1 Å². The number of hydrogen-bond donors (Lipinski definition) is 2. The zero-order valence-electron chi connectivity index (χ0n) is 11.3. The van der Waals surface area contributed by atoms with Crippen molar-refractivity contribution in [3.63, 3.8) is 0 Å². The molecule has 1 aromatic rings. The van der Waals surface area contributed by atoms with Crippen LogP contribution in [0.2, 0.25) is 0 Å². The van der Waals surface area contributed by atoms with Gasteiger partial charge >= 0.3 is 0 Å². The van der Waals surface area contributed by atoms with Crippen LogP contribution in [0.25, 0.3) is 0 Å². The molecule has 100 valence electrons. The third kappa shape index (κ3) is 3.84. The van der Waals surface area contributed by atoms with Crippen molar-refractivity contribution < 1.29 is 4.79 Å². The summed E-state index contributed by atoms with van der Waals surface area (Å²) in [5, 5.41) is 2.98. The molecule has 0 atom stereocenters. The largest absolute Gasteiger partial charge is 0.352 e. The maximum absolute atomic E-state index is 12.1. The van der Waals surface area contributed by atoms with E-state index in [0.717, 1.165) is 30.0 Å². The molecular formula is C16H20N2O. The van der Waals surface area contributed by atoms with Crippen LogP contribution in [0.4, 0.5) is 0 Å². The summed E-state index contributed by atoms with van der Waals surface area (Å²) in [6, 6.07) is 5.62. The van der Waals surface area contributed by atoms with E-state index < -0.39 is 0 Å². The molecule has 1 aromatic carbocycles. The maximum atomic E-state index is 12.1. The van der Waals surface area contributed by atoms with Gasteiger partial charge in [0.2, 0.25) is 0 Å². The van der Waals surface area contributed by atoms with Crippen LogP contribution >= 0.6 is 0 Å². The number of benzene rings is 1. The lowest BCUT2D eigenvalue weighted by Crippen LogP contribution is -2.25. The van der Waals surface area contributed by atoms with E-state index in [1.807, 2.05) is 25.1 Å². The summed E-state index contributed by atoms with van der Waals surface area (Å²) in [5.41, 5.74) is 7.88. The van der Waals surface area contributed by atoms with Crippen molar-refractivity contribution in [3.8, 4) is 11.8 Å². The van der Waals surface area contributed by atoms with Gasteiger partial charge in [0.15, 0.2) is 0 Å². The molecule has 2 rings (SSSR count). The molecule has 0 heterocycles. The van der Waals surface area contributed by atoms with Crippen molar-refractivity contribution in [3.05, 3.63) is 34.9 Å². The summed E-state index contributed by atoms with van der Waals surface area (Å²) in [7, 11) is 0. The van der Waals surface area contributed by atoms with Crippen LogP contribution in [0.15, 0.2) is 18.2 Å². The van der Waals surface area contributed by atoms with Gasteiger partial charge in [-0.05, 0) is 37.0 Å². The van der Waals surface area contributed by atoms with Crippen LogP contribution in [0.5, 0.6) is 0 Å². The molecule has 0 unspecified atom stereocenters. The number of rotatable bonds is 4. The van der Waals surface area contributed by atoms with Crippen molar-refractivity contribution in [1.82, 2.24) is 5.32 Å². The quantitative estimate of drug-likeness (QED) is 0.808. The van der Waals surface area contributed by atoms with Crippen LogP contribution in [0.3, 0.4) is 0 Å². The summed E-state index contributed by atoms with van der Waals surface area (Å²) >= 11 is 0. The van der Waals surface area contributed by atoms with Crippen LogP contribution in [-0.2, 0) is 0 Å². The maximum Gasteiger partial charge on any atom is 0.251 e. The van der Waals surface area contributed by atoms with E-state index in [4.69, 9.17) is 5.73 Å². The second-order valence-corrected chi connectivity index (χ2v) is 4.97. The Hall–Kier alpha value is -1.79. The fraction of sp³-hybridized carbons (Fsp3) is 0.438. The highest BCUT2D eigenvalue weighted by Crippen LogP contribution is 2.31. The molecule has 1 fully saturated rings. The summed E-state index contributed by atoms with van der Waals surface area (Å²) in [6.07, 6.45) is 3.73. The number of nitrogens with one attached hydrogen (secondary N) is 1. The minimum atomic E-state index is -0.00505. The zero-order chi connectivity index (χ0) is 13.7. The van der Waals surface area contributed by atoms with Gasteiger partial charge in [0.25, 0.3) is 5.91 Å². The van der Waals surface area contributed by atoms with Gasteiger partial charge in [-0.25, -0.2) is 0 Å². The summed E-state index contributed by atoms with van der Waals surface area (Å²) in [4.78, 5) is 12.1. The number of nitrogens with two attached hydrogens (primary N) is 1. The molecule has 3 heteroatoms. The predicted octanol–water partition coefficient (Wildman–Crippen LogP) is 1.84. The molecule has 3 nitrogen and oxygen atoms in total. The molecule has 19 heavy (non-hydrogen) atoms. The number of carbonyl (C=O) groups excluding carboxylic acids is 1. The van der Waals surface area contributed by atoms with Gasteiger partial charge in [-0.15, -0.1) is 0 Å². The van der Waals surface area contributed by atoms with Gasteiger partial charge < -0.3 is 11.1 Å². The monoisotopic (exact) mass is 256 g/mol. The standard InChI is InChI=1S/C16H20N2O/c1-12-14(5-3-10-17)4-2-6-15(12)16(19)18-11-9-13-7-8-13/h2,4,6,13H,7-11,17H2,1H3,(H,18,19). The molecule has 1 saturated carbocycles. The average Bonchev–Trinajstić information content (AvgIpc) is 3.21. The van der Waals surface area contributed by atoms with Crippen LogP contribution in [0, 0.1) is 24.7 Å². The molecule has 0 aromatic heterocycles. The van der Waals surface area contributed by atoms with E-state index >= 15 is 0 Å². The molecule has 0 bridgehead atoms. The fourth-order valence-corrected chi connectivity index (χ4v) is 2.05. The van der Waals surface area contributed by atoms with Crippen molar-refractivity contribution in [2.45, 2.75) is 26.2 Å². The second kappa shape index (κ2) is 6.40. The summed E-state index contributed by atoms with van der Waals surface area (Å²) < 4.78 is 0. The Kier molecular flexibility index (Phi) is 4.59. The van der Waals surface area contributed by atoms with E-state index in [2.05, 4.69) is 17.2 Å². The van der Waals surface area contributed by atoms with Crippen molar-refractivity contribution in [2.75, 3.05) is 13.1 Å². The lowest BCUT2D eigenvalue weighted by molar-refractivity contribution is 0.0952. The van der Waals surface area contributed by atoms with Crippen LogP contribution in [0.1, 0.15) is 40.7 Å². The van der Waals surface area contributed by atoms with Gasteiger partial charge in [0, 0.05) is 17.7 Å². The Morgan fingerprint density at radius 1 is 1.47 bits per heavy atom. The summed E-state index contributed by atoms with van der Waals surface area (Å²) in [6.45, 7) is 3.02. The fourth-order valence-electron chi connectivity index (χ4n) is 2.05. The third-order valence-corrected chi connectivity index (χ3v) is 3.44. The topological polar surface area (TPSA) is 55.1 Å². The normalized spacial score (nSPS) is 13.6. The number of hydrogen-bond acceptors (Lipinski definition) is 2. The highest BCUT2D eigenvalue weighted by molar-refractivity contribution is 5.96. The first-order valence-corrected chi connectivity index (χ1v) is 6.79. The second-order valence-electron chi connectivity index (χ2n) is 4.97. The molecule has 1 aliphatic carbocycles. The molecule has 1 amide bonds. The minimum absolute atomic E-state index is 0.00505. The van der Waals surface area contributed by atoms with E-state index in [-0.39, 0.29) is 5.91 Å². The first-order chi connectivity index (χ1) is 9.22. The lowest BCUT2D eigenvalue weighted by Gasteiger charge is -2.08. The zero-order valence-corrected chi connectivity index (χ0v) is 11.3. The van der Waals surface area contributed by atoms with Gasteiger partial charge in [-0.1, -0.05) is 30.7 Å². The van der Waals surface area contributed by atoms with Crippen molar-refractivity contribution >= 4 is 5.91 Å².